The summed E-state index contributed by atoms with van der Waals surface area (Å²) < 4.78 is 43.6. The van der Waals surface area contributed by atoms with Crippen LogP contribution in [0.1, 0.15) is 43.6 Å². The van der Waals surface area contributed by atoms with E-state index in [4.69, 9.17) is 11.6 Å². The van der Waals surface area contributed by atoms with Crippen molar-refractivity contribution < 1.29 is 23.1 Å². The molecule has 14 nitrogen and oxygen atoms in total. The van der Waals surface area contributed by atoms with Crippen molar-refractivity contribution in [3.8, 4) is 39.9 Å². The van der Waals surface area contributed by atoms with Crippen molar-refractivity contribution >= 4 is 23.2 Å². The first-order valence-electron chi connectivity index (χ1n) is 15.2. The zero-order chi connectivity index (χ0) is 35.2. The number of halogens is 4. The van der Waals surface area contributed by atoms with Crippen molar-refractivity contribution in [1.82, 2.24) is 49.3 Å². The van der Waals surface area contributed by atoms with Gasteiger partial charge in [-0.2, -0.15) is 18.3 Å². The van der Waals surface area contributed by atoms with Gasteiger partial charge < -0.3 is 10.4 Å². The molecule has 18 heteroatoms. The summed E-state index contributed by atoms with van der Waals surface area (Å²) in [6, 6.07) is 9.90. The SMILES string of the molecule is C[C@@H]1CCC[C@H](n2cnc(-c3cc(Cl)ccc3-n3cc(C(F)(F)F)nn3)cc2=O)c2cc(ccn2)-c2nn(-c3cc(O)ncn3)cc2NC1=O. The van der Waals surface area contributed by atoms with E-state index in [2.05, 4.69) is 40.7 Å². The number of aromatic hydroxyl groups is 1. The van der Waals surface area contributed by atoms with Gasteiger partial charge in [-0.25, -0.2) is 24.3 Å². The standard InChI is InChI=1S/C32H25ClF3N11O3/c1-17-3-2-4-25(22-9-18(7-8-37-22)30-23(41-31(17)50)13-47(43-30)27-12-28(48)39-15-38-27)45-16-40-21(11-29(45)49)20-10-19(33)5-6-24(20)46-14-26(42-44-46)32(34,35)36/h5-17,25H,2-4H2,1H3,(H,41,50)(H,38,39,48)/t17-,25+/m1/s1. The van der Waals surface area contributed by atoms with Gasteiger partial charge >= 0.3 is 6.18 Å². The molecular weight excluding hydrogens is 679 g/mol. The van der Waals surface area contributed by atoms with Crippen LogP contribution in [-0.4, -0.2) is 60.3 Å². The molecule has 0 spiro atoms. The molecule has 2 bridgehead atoms. The quantitative estimate of drug-likeness (QED) is 0.247. The minimum absolute atomic E-state index is 0.152. The fraction of sp³-hybridized carbons (Fsp3) is 0.219. The van der Waals surface area contributed by atoms with Gasteiger partial charge in [0.1, 0.15) is 12.0 Å². The molecule has 0 saturated heterocycles. The number of rotatable bonds is 4. The van der Waals surface area contributed by atoms with E-state index in [1.54, 1.807) is 31.5 Å². The Morgan fingerprint density at radius 2 is 1.82 bits per heavy atom. The minimum atomic E-state index is -4.70. The second-order valence-corrected chi connectivity index (χ2v) is 12.0. The minimum Gasteiger partial charge on any atom is -0.493 e. The lowest BCUT2D eigenvalue weighted by atomic mass is 9.97. The molecule has 254 valence electrons. The van der Waals surface area contributed by atoms with Gasteiger partial charge in [0.25, 0.3) is 5.56 Å². The van der Waals surface area contributed by atoms with E-state index >= 15 is 0 Å². The molecule has 1 amide bonds. The third kappa shape index (κ3) is 6.41. The highest BCUT2D eigenvalue weighted by Gasteiger charge is 2.35. The Labute approximate surface area is 285 Å². The highest BCUT2D eigenvalue weighted by molar-refractivity contribution is 6.31. The van der Waals surface area contributed by atoms with Gasteiger partial charge in [-0.1, -0.05) is 30.2 Å². The largest absolute Gasteiger partial charge is 0.493 e. The van der Waals surface area contributed by atoms with Gasteiger partial charge in [-0.3, -0.25) is 19.1 Å². The Bertz CT molecular complexity index is 2300. The van der Waals surface area contributed by atoms with Crippen molar-refractivity contribution in [2.75, 3.05) is 5.32 Å². The van der Waals surface area contributed by atoms with E-state index in [0.717, 1.165) is 10.9 Å². The van der Waals surface area contributed by atoms with E-state index in [9.17, 15) is 27.9 Å². The second-order valence-electron chi connectivity index (χ2n) is 11.6. The lowest BCUT2D eigenvalue weighted by Crippen LogP contribution is -2.27. The lowest BCUT2D eigenvalue weighted by Gasteiger charge is -2.22. The van der Waals surface area contributed by atoms with Crippen molar-refractivity contribution in [2.24, 2.45) is 5.92 Å². The molecule has 1 aliphatic rings. The molecule has 2 N–H and O–H groups in total. The third-order valence-corrected chi connectivity index (χ3v) is 8.48. The van der Waals surface area contributed by atoms with Crippen LogP contribution < -0.4 is 10.9 Å². The van der Waals surface area contributed by atoms with Gasteiger partial charge in [0.15, 0.2) is 11.5 Å². The Kier molecular flexibility index (Phi) is 8.35. The van der Waals surface area contributed by atoms with E-state index in [0.29, 0.717) is 41.9 Å². The van der Waals surface area contributed by atoms with Gasteiger partial charge in [0.2, 0.25) is 11.8 Å². The van der Waals surface area contributed by atoms with Gasteiger partial charge in [-0.05, 0) is 43.2 Å². The molecule has 1 aliphatic heterocycles. The maximum Gasteiger partial charge on any atom is 0.436 e. The maximum atomic E-state index is 13.8. The number of anilines is 1. The number of fused-ring (bicyclic) bond motifs is 4. The highest BCUT2D eigenvalue weighted by atomic mass is 35.5. The molecule has 6 aromatic rings. The first-order chi connectivity index (χ1) is 23.9. The smallest absolute Gasteiger partial charge is 0.436 e. The fourth-order valence-electron chi connectivity index (χ4n) is 5.69. The zero-order valence-electron chi connectivity index (χ0n) is 26.0. The molecule has 0 aliphatic carbocycles. The predicted molar refractivity (Wildman–Crippen MR) is 173 cm³/mol. The van der Waals surface area contributed by atoms with Crippen LogP contribution >= 0.6 is 11.6 Å². The number of hydrogen-bond donors (Lipinski definition) is 2. The lowest BCUT2D eigenvalue weighted by molar-refractivity contribution is -0.141. The van der Waals surface area contributed by atoms with E-state index in [-0.39, 0.29) is 39.6 Å². The van der Waals surface area contributed by atoms with E-state index < -0.39 is 29.4 Å². The highest BCUT2D eigenvalue weighted by Crippen LogP contribution is 2.34. The van der Waals surface area contributed by atoms with Crippen molar-refractivity contribution in [2.45, 2.75) is 38.4 Å². The predicted octanol–water partition coefficient (Wildman–Crippen LogP) is 5.25. The normalized spacial score (nSPS) is 16.6. The average Bonchev–Trinajstić information content (AvgIpc) is 3.75. The van der Waals surface area contributed by atoms with Crippen LogP contribution in [0, 0.1) is 5.92 Å². The summed E-state index contributed by atoms with van der Waals surface area (Å²) in [5.41, 5.74) is 0.891. The number of pyridine rings is 1. The first kappa shape index (κ1) is 32.6. The monoisotopic (exact) mass is 703 g/mol. The number of hydrogen-bond acceptors (Lipinski definition) is 10. The molecule has 5 aromatic heterocycles. The molecular formula is C32H25ClF3N11O3. The topological polar surface area (TPSA) is 171 Å². The first-order valence-corrected chi connectivity index (χ1v) is 15.6. The molecule has 50 heavy (non-hydrogen) atoms. The van der Waals surface area contributed by atoms with Crippen molar-refractivity contribution in [3.05, 3.63) is 100 Å². The van der Waals surface area contributed by atoms with Crippen LogP contribution in [0.5, 0.6) is 5.88 Å². The number of aromatic nitrogens is 10. The van der Waals surface area contributed by atoms with Crippen LogP contribution in [0.15, 0.2) is 78.5 Å². The fourth-order valence-corrected chi connectivity index (χ4v) is 5.86. The molecule has 7 rings (SSSR count). The Hall–Kier alpha value is -5.97. The summed E-state index contributed by atoms with van der Waals surface area (Å²) in [6.07, 6.45) is 3.22. The molecule has 0 unspecified atom stereocenters. The van der Waals surface area contributed by atoms with E-state index in [1.165, 1.54) is 52.2 Å². The van der Waals surface area contributed by atoms with Gasteiger partial charge in [0.05, 0.1) is 47.5 Å². The van der Waals surface area contributed by atoms with Crippen LogP contribution in [0.2, 0.25) is 5.02 Å². The number of amides is 1. The van der Waals surface area contributed by atoms with Gasteiger partial charge in [0, 0.05) is 40.4 Å². The summed E-state index contributed by atoms with van der Waals surface area (Å²) >= 11 is 6.25. The summed E-state index contributed by atoms with van der Waals surface area (Å²) in [7, 11) is 0. The van der Waals surface area contributed by atoms with Crippen LogP contribution in [-0.2, 0) is 11.0 Å². The van der Waals surface area contributed by atoms with Crippen molar-refractivity contribution in [3.63, 3.8) is 0 Å². The van der Waals surface area contributed by atoms with E-state index in [1.807, 2.05) is 0 Å². The number of nitrogens with zero attached hydrogens (tertiary/aromatic N) is 10. The van der Waals surface area contributed by atoms with Crippen LogP contribution in [0.25, 0.3) is 34.0 Å². The molecule has 0 saturated carbocycles. The number of alkyl halides is 3. The number of nitrogens with one attached hydrogen (secondary N) is 1. The zero-order valence-corrected chi connectivity index (χ0v) is 26.7. The Morgan fingerprint density at radius 1 is 0.980 bits per heavy atom. The summed E-state index contributed by atoms with van der Waals surface area (Å²) in [5, 5.41) is 24.6. The second kappa shape index (κ2) is 12.8. The molecule has 0 radical (unpaired) electrons. The molecule has 6 heterocycles. The number of carbonyl (C=O) groups excluding carboxylic acids is 1. The van der Waals surface area contributed by atoms with Gasteiger partial charge in [-0.15, -0.1) is 5.10 Å². The summed E-state index contributed by atoms with van der Waals surface area (Å²) in [5.74, 6) is -0.599. The summed E-state index contributed by atoms with van der Waals surface area (Å²) in [6.45, 7) is 1.80. The van der Waals surface area contributed by atoms with Crippen molar-refractivity contribution in [1.29, 1.82) is 0 Å². The molecule has 1 aromatic carbocycles. The third-order valence-electron chi connectivity index (χ3n) is 8.24. The Morgan fingerprint density at radius 3 is 2.58 bits per heavy atom. The Balaban J connectivity index is 1.29. The molecule has 2 atom stereocenters. The van der Waals surface area contributed by atoms with Crippen LogP contribution in [0.4, 0.5) is 18.9 Å². The number of carbonyl (C=O) groups is 1. The maximum absolute atomic E-state index is 13.8. The summed E-state index contributed by atoms with van der Waals surface area (Å²) in [4.78, 5) is 44.0. The average molecular weight is 704 g/mol. The number of benzene rings is 1. The molecule has 0 fully saturated rings. The van der Waals surface area contributed by atoms with Crippen LogP contribution in [0.3, 0.4) is 0 Å².